The Morgan fingerprint density at radius 3 is 2.57 bits per heavy atom. The minimum absolute atomic E-state index is 0.00690. The number of hydrogen-bond acceptors (Lipinski definition) is 4. The summed E-state index contributed by atoms with van der Waals surface area (Å²) in [5.41, 5.74) is -0.641. The molecule has 0 spiro atoms. The summed E-state index contributed by atoms with van der Waals surface area (Å²) in [6.45, 7) is 0. The van der Waals surface area contributed by atoms with Crippen LogP contribution in [0.4, 0.5) is 13.2 Å². The molecule has 23 heavy (non-hydrogen) atoms. The number of benzene rings is 1. The van der Waals surface area contributed by atoms with Crippen LogP contribution in [0.1, 0.15) is 5.69 Å². The molecule has 0 aliphatic rings. The van der Waals surface area contributed by atoms with Crippen LogP contribution in [0.25, 0.3) is 16.9 Å². The molecule has 2 heterocycles. The Kier molecular flexibility index (Phi) is 4.08. The molecule has 0 saturated heterocycles. The Bertz CT molecular complexity index is 897. The summed E-state index contributed by atoms with van der Waals surface area (Å²) < 4.78 is 44.6. The second kappa shape index (κ2) is 5.78. The van der Waals surface area contributed by atoms with Gasteiger partial charge in [0.2, 0.25) is 0 Å². The normalized spacial score (nSPS) is 11.9. The van der Waals surface area contributed by atoms with Gasteiger partial charge in [0.1, 0.15) is 14.5 Å². The van der Waals surface area contributed by atoms with Gasteiger partial charge in [0, 0.05) is 11.6 Å². The summed E-state index contributed by atoms with van der Waals surface area (Å²) >= 11 is 8.18. The van der Waals surface area contributed by atoms with Crippen LogP contribution in [-0.4, -0.2) is 26.9 Å². The summed E-state index contributed by atoms with van der Waals surface area (Å²) in [7, 11) is 1.46. The quantitative estimate of drug-likeness (QED) is 0.432. The number of rotatable bonds is 2. The van der Waals surface area contributed by atoms with E-state index >= 15 is 0 Å². The zero-order valence-corrected chi connectivity index (χ0v) is 14.3. The van der Waals surface area contributed by atoms with Crippen LogP contribution in [0, 0.1) is 3.70 Å². The largest absolute Gasteiger partial charge is 0.495 e. The molecule has 0 aliphatic carbocycles. The lowest BCUT2D eigenvalue weighted by Crippen LogP contribution is -2.09. The number of methoxy groups -OCH3 is 1. The van der Waals surface area contributed by atoms with Crippen LogP contribution in [0.2, 0.25) is 5.02 Å². The van der Waals surface area contributed by atoms with Gasteiger partial charge >= 0.3 is 6.18 Å². The zero-order valence-electron chi connectivity index (χ0n) is 11.4. The van der Waals surface area contributed by atoms with E-state index in [-0.39, 0.29) is 11.0 Å². The standard InChI is InChI=1S/C13H7ClF3IN4O/c1-23-7-3-2-6-10(9(7)14)19-12(20-11(6)18)22-5-4-8(21-22)13(15,16)17/h2-5H,1H3. The fourth-order valence-corrected chi connectivity index (χ4v) is 2.88. The molecule has 0 aliphatic heterocycles. The van der Waals surface area contributed by atoms with Crippen molar-refractivity contribution in [3.8, 4) is 11.7 Å². The highest BCUT2D eigenvalue weighted by Crippen LogP contribution is 2.33. The minimum atomic E-state index is -4.53. The second-order valence-corrected chi connectivity index (χ2v) is 5.84. The Labute approximate surface area is 146 Å². The van der Waals surface area contributed by atoms with Gasteiger partial charge in [0.05, 0.1) is 12.6 Å². The van der Waals surface area contributed by atoms with Gasteiger partial charge in [-0.15, -0.1) is 0 Å². The van der Waals surface area contributed by atoms with Crippen LogP contribution in [0.3, 0.4) is 0 Å². The van der Waals surface area contributed by atoms with Crippen LogP contribution in [0.15, 0.2) is 24.4 Å². The van der Waals surface area contributed by atoms with E-state index < -0.39 is 11.9 Å². The summed E-state index contributed by atoms with van der Waals surface area (Å²) in [5.74, 6) is 0.406. The molecule has 0 radical (unpaired) electrons. The first-order valence-corrected chi connectivity index (χ1v) is 7.60. The molecule has 0 bridgehead atoms. The Morgan fingerprint density at radius 2 is 1.96 bits per heavy atom. The van der Waals surface area contributed by atoms with Crippen molar-refractivity contribution < 1.29 is 17.9 Å². The molecular formula is C13H7ClF3IN4O. The maximum atomic E-state index is 12.7. The number of hydrogen-bond donors (Lipinski definition) is 0. The smallest absolute Gasteiger partial charge is 0.435 e. The van der Waals surface area contributed by atoms with E-state index in [0.29, 0.717) is 20.4 Å². The lowest BCUT2D eigenvalue weighted by Gasteiger charge is -2.09. The van der Waals surface area contributed by atoms with E-state index in [1.807, 2.05) is 22.6 Å². The molecule has 0 unspecified atom stereocenters. The molecule has 120 valence electrons. The molecule has 5 nitrogen and oxygen atoms in total. The number of halogens is 5. The van der Waals surface area contributed by atoms with Crippen molar-refractivity contribution in [3.63, 3.8) is 0 Å². The van der Waals surface area contributed by atoms with E-state index in [1.54, 1.807) is 12.1 Å². The molecule has 2 aromatic heterocycles. The van der Waals surface area contributed by atoms with Crippen molar-refractivity contribution in [2.45, 2.75) is 6.18 Å². The third kappa shape index (κ3) is 2.94. The highest BCUT2D eigenvalue weighted by Gasteiger charge is 2.33. The first kappa shape index (κ1) is 16.2. The van der Waals surface area contributed by atoms with Crippen molar-refractivity contribution in [2.24, 2.45) is 0 Å². The molecule has 0 atom stereocenters. The van der Waals surface area contributed by atoms with E-state index in [0.717, 1.165) is 16.9 Å². The first-order chi connectivity index (χ1) is 10.8. The molecule has 0 saturated carbocycles. The monoisotopic (exact) mass is 454 g/mol. The lowest BCUT2D eigenvalue weighted by molar-refractivity contribution is -0.141. The van der Waals surface area contributed by atoms with Crippen LogP contribution >= 0.6 is 34.2 Å². The second-order valence-electron chi connectivity index (χ2n) is 4.44. The fourth-order valence-electron chi connectivity index (χ4n) is 1.94. The summed E-state index contributed by atoms with van der Waals surface area (Å²) in [6.07, 6.45) is -3.38. The maximum absolute atomic E-state index is 12.7. The molecule has 1 aromatic carbocycles. The third-order valence-corrected chi connectivity index (χ3v) is 4.20. The Balaban J connectivity index is 2.19. The van der Waals surface area contributed by atoms with Crippen molar-refractivity contribution in [1.82, 2.24) is 19.7 Å². The zero-order chi connectivity index (χ0) is 16.8. The average molecular weight is 455 g/mol. The van der Waals surface area contributed by atoms with Gasteiger partial charge in [-0.25, -0.2) is 14.6 Å². The van der Waals surface area contributed by atoms with E-state index in [1.165, 1.54) is 7.11 Å². The predicted octanol–water partition coefficient (Wildman–Crippen LogP) is 4.10. The number of nitrogens with zero attached hydrogens (tertiary/aromatic N) is 4. The number of aromatic nitrogens is 4. The van der Waals surface area contributed by atoms with Crippen LogP contribution in [0.5, 0.6) is 5.75 Å². The number of alkyl halides is 3. The van der Waals surface area contributed by atoms with Crippen molar-refractivity contribution in [3.05, 3.63) is 38.8 Å². The van der Waals surface area contributed by atoms with Gasteiger partial charge in [-0.1, -0.05) is 11.6 Å². The molecule has 0 N–H and O–H groups in total. The summed E-state index contributed by atoms with van der Waals surface area (Å²) in [6, 6.07) is 4.26. The maximum Gasteiger partial charge on any atom is 0.435 e. The minimum Gasteiger partial charge on any atom is -0.495 e. The number of ether oxygens (including phenoxy) is 1. The fraction of sp³-hybridized carbons (Fsp3) is 0.154. The van der Waals surface area contributed by atoms with Crippen LogP contribution < -0.4 is 4.74 Å². The third-order valence-electron chi connectivity index (χ3n) is 3.02. The van der Waals surface area contributed by atoms with Crippen molar-refractivity contribution >= 4 is 45.1 Å². The summed E-state index contributed by atoms with van der Waals surface area (Å²) in [4.78, 5) is 8.39. The highest BCUT2D eigenvalue weighted by atomic mass is 127. The van der Waals surface area contributed by atoms with Gasteiger partial charge in [-0.05, 0) is 40.8 Å². The van der Waals surface area contributed by atoms with Gasteiger partial charge in [0.25, 0.3) is 5.95 Å². The predicted molar refractivity (Wildman–Crippen MR) is 85.9 cm³/mol. The molecule has 10 heteroatoms. The average Bonchev–Trinajstić information content (AvgIpc) is 2.98. The molecule has 3 rings (SSSR count). The SMILES string of the molecule is COc1ccc2c(I)nc(-n3ccc(C(F)(F)F)n3)nc2c1Cl. The van der Waals surface area contributed by atoms with E-state index in [4.69, 9.17) is 16.3 Å². The van der Waals surface area contributed by atoms with Crippen LogP contribution in [-0.2, 0) is 6.18 Å². The van der Waals surface area contributed by atoms with Crippen molar-refractivity contribution in [2.75, 3.05) is 7.11 Å². The van der Waals surface area contributed by atoms with Gasteiger partial charge < -0.3 is 4.74 Å². The lowest BCUT2D eigenvalue weighted by atomic mass is 10.2. The topological polar surface area (TPSA) is 52.8 Å². The van der Waals surface area contributed by atoms with E-state index in [9.17, 15) is 13.2 Å². The molecule has 3 aromatic rings. The summed E-state index contributed by atoms with van der Waals surface area (Å²) in [5, 5.41) is 4.39. The first-order valence-electron chi connectivity index (χ1n) is 6.14. The van der Waals surface area contributed by atoms with Crippen molar-refractivity contribution in [1.29, 1.82) is 0 Å². The highest BCUT2D eigenvalue weighted by molar-refractivity contribution is 14.1. The van der Waals surface area contributed by atoms with Gasteiger partial charge in [-0.3, -0.25) is 0 Å². The molecule has 0 amide bonds. The Morgan fingerprint density at radius 1 is 1.22 bits per heavy atom. The van der Waals surface area contributed by atoms with E-state index in [2.05, 4.69) is 15.1 Å². The Hall–Kier alpha value is -1.62. The molecular weight excluding hydrogens is 448 g/mol. The van der Waals surface area contributed by atoms with Gasteiger partial charge in [0.15, 0.2) is 5.69 Å². The molecule has 0 fully saturated rings. The van der Waals surface area contributed by atoms with Gasteiger partial charge in [-0.2, -0.15) is 18.3 Å². The number of fused-ring (bicyclic) bond motifs is 1.